The fraction of sp³-hybridized carbons (Fsp3) is 0.238. The Bertz CT molecular complexity index is 987. The molecule has 5 nitrogen and oxygen atoms in total. The van der Waals surface area contributed by atoms with Crippen LogP contribution in [0.15, 0.2) is 42.5 Å². The number of phenols is 1. The minimum atomic E-state index is -0.282. The fourth-order valence-electron chi connectivity index (χ4n) is 3.45. The van der Waals surface area contributed by atoms with Gasteiger partial charge >= 0.3 is 0 Å². The Hall–Kier alpha value is -3.08. The number of anilines is 1. The van der Waals surface area contributed by atoms with Crippen molar-refractivity contribution < 1.29 is 9.90 Å². The molecular formula is C21H21N3O2. The molecule has 3 aromatic rings. The maximum atomic E-state index is 12.8. The molecule has 1 amide bonds. The monoisotopic (exact) mass is 347 g/mol. The number of aryl methyl sites for hydroxylation is 2. The highest BCUT2D eigenvalue weighted by molar-refractivity contribution is 6.05. The Labute approximate surface area is 152 Å². The number of phenolic OH excluding ortho intramolecular Hbond substituents is 1. The van der Waals surface area contributed by atoms with Crippen LogP contribution in [0.2, 0.25) is 0 Å². The third kappa shape index (κ3) is 2.86. The van der Waals surface area contributed by atoms with Crippen molar-refractivity contribution in [1.29, 1.82) is 0 Å². The first kappa shape index (κ1) is 16.4. The molecule has 1 heterocycles. The summed E-state index contributed by atoms with van der Waals surface area (Å²) in [7, 11) is 0. The van der Waals surface area contributed by atoms with Crippen molar-refractivity contribution >= 4 is 11.6 Å². The normalized spacial score (nSPS) is 12.8. The quantitative estimate of drug-likeness (QED) is 0.705. The summed E-state index contributed by atoms with van der Waals surface area (Å²) >= 11 is 0. The Morgan fingerprint density at radius 1 is 1.08 bits per heavy atom. The van der Waals surface area contributed by atoms with E-state index in [1.807, 2.05) is 42.8 Å². The molecule has 0 saturated heterocycles. The summed E-state index contributed by atoms with van der Waals surface area (Å²) in [6.07, 6.45) is 2.79. The molecule has 0 spiro atoms. The van der Waals surface area contributed by atoms with Gasteiger partial charge in [-0.1, -0.05) is 23.8 Å². The van der Waals surface area contributed by atoms with Gasteiger partial charge in [0.1, 0.15) is 5.75 Å². The van der Waals surface area contributed by atoms with Crippen LogP contribution in [0.4, 0.5) is 5.69 Å². The molecule has 2 N–H and O–H groups in total. The Kier molecular flexibility index (Phi) is 3.99. The van der Waals surface area contributed by atoms with Crippen molar-refractivity contribution in [3.05, 3.63) is 70.5 Å². The van der Waals surface area contributed by atoms with Crippen LogP contribution in [0.5, 0.6) is 5.75 Å². The number of amides is 1. The summed E-state index contributed by atoms with van der Waals surface area (Å²) in [6, 6.07) is 13.3. The van der Waals surface area contributed by atoms with E-state index in [0.29, 0.717) is 11.4 Å². The number of hydrogen-bond donors (Lipinski definition) is 2. The van der Waals surface area contributed by atoms with Gasteiger partial charge in [-0.05, 0) is 62.9 Å². The highest BCUT2D eigenvalue weighted by atomic mass is 16.3. The smallest absolute Gasteiger partial charge is 0.276 e. The SMILES string of the molecule is Cc1ccc(-n2nc(C(=O)Nc3cc(C)ccc3O)c3c2CCC3)cc1. The van der Waals surface area contributed by atoms with E-state index in [1.54, 1.807) is 18.2 Å². The van der Waals surface area contributed by atoms with Crippen LogP contribution >= 0.6 is 0 Å². The standard InChI is InChI=1S/C21H21N3O2/c1-13-6-9-15(10-7-13)24-18-5-3-4-16(18)20(23-24)21(26)22-17-12-14(2)8-11-19(17)25/h6-12,25H,3-5H2,1-2H3,(H,22,26). The average Bonchev–Trinajstić information content (AvgIpc) is 3.21. The predicted octanol–water partition coefficient (Wildman–Crippen LogP) is 3.94. The molecule has 0 radical (unpaired) electrons. The third-order valence-corrected chi connectivity index (χ3v) is 4.82. The third-order valence-electron chi connectivity index (χ3n) is 4.82. The summed E-state index contributed by atoms with van der Waals surface area (Å²) in [5.41, 5.74) is 6.08. The Morgan fingerprint density at radius 3 is 2.58 bits per heavy atom. The molecule has 2 aromatic carbocycles. The maximum Gasteiger partial charge on any atom is 0.276 e. The van der Waals surface area contributed by atoms with E-state index in [1.165, 1.54) is 5.56 Å². The number of hydrogen-bond acceptors (Lipinski definition) is 3. The molecule has 0 unspecified atom stereocenters. The second-order valence-electron chi connectivity index (χ2n) is 6.85. The molecule has 0 bridgehead atoms. The van der Waals surface area contributed by atoms with Crippen LogP contribution in [-0.2, 0) is 12.8 Å². The van der Waals surface area contributed by atoms with Gasteiger partial charge in [0.15, 0.2) is 5.69 Å². The number of rotatable bonds is 3. The number of carbonyl (C=O) groups excluding carboxylic acids is 1. The summed E-state index contributed by atoms with van der Waals surface area (Å²) in [6.45, 7) is 3.96. The van der Waals surface area contributed by atoms with Gasteiger partial charge in [0, 0.05) is 11.3 Å². The number of aromatic nitrogens is 2. The van der Waals surface area contributed by atoms with Crippen LogP contribution in [0.1, 0.15) is 39.3 Å². The summed E-state index contributed by atoms with van der Waals surface area (Å²) in [5, 5.41) is 17.4. The zero-order chi connectivity index (χ0) is 18.3. The highest BCUT2D eigenvalue weighted by Gasteiger charge is 2.27. The number of carbonyl (C=O) groups is 1. The molecule has 0 saturated carbocycles. The van der Waals surface area contributed by atoms with Crippen molar-refractivity contribution in [3.63, 3.8) is 0 Å². The lowest BCUT2D eigenvalue weighted by Crippen LogP contribution is -2.15. The lowest BCUT2D eigenvalue weighted by Gasteiger charge is -2.08. The second-order valence-corrected chi connectivity index (χ2v) is 6.85. The van der Waals surface area contributed by atoms with Gasteiger partial charge in [0.2, 0.25) is 0 Å². The number of nitrogens with zero attached hydrogens (tertiary/aromatic N) is 2. The van der Waals surface area contributed by atoms with Crippen molar-refractivity contribution in [2.75, 3.05) is 5.32 Å². The van der Waals surface area contributed by atoms with E-state index in [-0.39, 0.29) is 11.7 Å². The molecule has 0 aliphatic heterocycles. The van der Waals surface area contributed by atoms with Gasteiger partial charge in [-0.2, -0.15) is 5.10 Å². The van der Waals surface area contributed by atoms with Gasteiger partial charge in [-0.25, -0.2) is 4.68 Å². The van der Waals surface area contributed by atoms with Crippen LogP contribution in [0, 0.1) is 13.8 Å². The number of fused-ring (bicyclic) bond motifs is 1. The molecule has 1 aliphatic carbocycles. The number of aromatic hydroxyl groups is 1. The van der Waals surface area contributed by atoms with Crippen molar-refractivity contribution in [3.8, 4) is 11.4 Å². The first-order valence-electron chi connectivity index (χ1n) is 8.82. The lowest BCUT2D eigenvalue weighted by molar-refractivity contribution is 0.102. The van der Waals surface area contributed by atoms with Gasteiger partial charge < -0.3 is 10.4 Å². The minimum Gasteiger partial charge on any atom is -0.506 e. The molecule has 4 rings (SSSR count). The maximum absolute atomic E-state index is 12.8. The van der Waals surface area contributed by atoms with Gasteiger partial charge in [-0.3, -0.25) is 4.79 Å². The van der Waals surface area contributed by atoms with E-state index >= 15 is 0 Å². The molecule has 0 fully saturated rings. The van der Waals surface area contributed by atoms with Crippen LogP contribution in [0.3, 0.4) is 0 Å². The first-order chi connectivity index (χ1) is 12.5. The largest absolute Gasteiger partial charge is 0.506 e. The van der Waals surface area contributed by atoms with E-state index in [2.05, 4.69) is 10.4 Å². The topological polar surface area (TPSA) is 67.2 Å². The number of nitrogens with one attached hydrogen (secondary N) is 1. The molecule has 5 heteroatoms. The zero-order valence-electron chi connectivity index (χ0n) is 14.9. The summed E-state index contributed by atoms with van der Waals surface area (Å²) < 4.78 is 1.88. The summed E-state index contributed by atoms with van der Waals surface area (Å²) in [4.78, 5) is 12.8. The molecule has 1 aliphatic rings. The van der Waals surface area contributed by atoms with E-state index in [9.17, 15) is 9.90 Å². The Balaban J connectivity index is 1.71. The Morgan fingerprint density at radius 2 is 1.81 bits per heavy atom. The highest BCUT2D eigenvalue weighted by Crippen LogP contribution is 2.30. The average molecular weight is 347 g/mol. The number of benzene rings is 2. The van der Waals surface area contributed by atoms with Gasteiger partial charge in [-0.15, -0.1) is 0 Å². The minimum absolute atomic E-state index is 0.0542. The van der Waals surface area contributed by atoms with E-state index in [0.717, 1.165) is 41.8 Å². The molecule has 1 aromatic heterocycles. The van der Waals surface area contributed by atoms with E-state index < -0.39 is 0 Å². The summed E-state index contributed by atoms with van der Waals surface area (Å²) in [5.74, 6) is -0.228. The van der Waals surface area contributed by atoms with Crippen molar-refractivity contribution in [2.45, 2.75) is 33.1 Å². The van der Waals surface area contributed by atoms with E-state index in [4.69, 9.17) is 0 Å². The molecule has 0 atom stereocenters. The fourth-order valence-corrected chi connectivity index (χ4v) is 3.45. The van der Waals surface area contributed by atoms with Gasteiger partial charge in [0.05, 0.1) is 11.4 Å². The molecule has 132 valence electrons. The molecular weight excluding hydrogens is 326 g/mol. The van der Waals surface area contributed by atoms with Crippen molar-refractivity contribution in [2.24, 2.45) is 0 Å². The van der Waals surface area contributed by atoms with Crippen LogP contribution in [0.25, 0.3) is 5.69 Å². The lowest BCUT2D eigenvalue weighted by atomic mass is 10.1. The van der Waals surface area contributed by atoms with Gasteiger partial charge in [0.25, 0.3) is 5.91 Å². The molecule has 26 heavy (non-hydrogen) atoms. The van der Waals surface area contributed by atoms with Crippen LogP contribution < -0.4 is 5.32 Å². The first-order valence-corrected chi connectivity index (χ1v) is 8.82. The van der Waals surface area contributed by atoms with Crippen molar-refractivity contribution in [1.82, 2.24) is 9.78 Å². The zero-order valence-corrected chi connectivity index (χ0v) is 14.9. The second kappa shape index (κ2) is 6.33. The predicted molar refractivity (Wildman–Crippen MR) is 101 cm³/mol. The van der Waals surface area contributed by atoms with Crippen LogP contribution in [-0.4, -0.2) is 20.8 Å².